The zero-order chi connectivity index (χ0) is 30.3. The Bertz CT molecular complexity index is 1640. The van der Waals surface area contributed by atoms with Crippen molar-refractivity contribution in [1.29, 1.82) is 0 Å². The summed E-state index contributed by atoms with van der Waals surface area (Å²) in [4.78, 5) is 25.1. The van der Waals surface area contributed by atoms with Crippen LogP contribution in [0.15, 0.2) is 65.3 Å². The van der Waals surface area contributed by atoms with Crippen LogP contribution in [0.4, 0.5) is 16.4 Å². The molecule has 15 heteroatoms. The van der Waals surface area contributed by atoms with Crippen molar-refractivity contribution in [3.8, 4) is 23.1 Å². The lowest BCUT2D eigenvalue weighted by molar-refractivity contribution is 0.135. The van der Waals surface area contributed by atoms with Crippen molar-refractivity contribution in [2.75, 3.05) is 30.4 Å². The number of benzene rings is 1. The van der Waals surface area contributed by atoms with Crippen molar-refractivity contribution >= 4 is 50.7 Å². The molecule has 12 nitrogen and oxygen atoms in total. The normalized spacial score (nSPS) is 11.5. The first-order valence-electron chi connectivity index (χ1n) is 12.4. The van der Waals surface area contributed by atoms with Crippen LogP contribution in [0.3, 0.4) is 0 Å². The van der Waals surface area contributed by atoms with E-state index in [1.165, 1.54) is 25.4 Å². The number of nitrogens with one attached hydrogen (secondary N) is 2. The molecule has 0 saturated heterocycles. The van der Waals surface area contributed by atoms with Crippen LogP contribution in [0, 0.1) is 0 Å². The van der Waals surface area contributed by atoms with Crippen LogP contribution < -0.4 is 24.2 Å². The number of methoxy groups -OCH3 is 1. The fraction of sp³-hybridized carbons (Fsp3) is 0.259. The van der Waals surface area contributed by atoms with Crippen molar-refractivity contribution in [3.05, 3.63) is 71.0 Å². The molecule has 4 rings (SSSR count). The van der Waals surface area contributed by atoms with Crippen LogP contribution in [-0.4, -0.2) is 49.8 Å². The number of pyridine rings is 1. The maximum Gasteiger partial charge on any atom is 0.412 e. The number of carbonyl (C=O) groups excluding carboxylic acids is 1. The molecule has 0 atom stereocenters. The van der Waals surface area contributed by atoms with Crippen LogP contribution in [-0.2, 0) is 20.2 Å². The first-order chi connectivity index (χ1) is 20.0. The van der Waals surface area contributed by atoms with Crippen LogP contribution >= 0.6 is 22.9 Å². The summed E-state index contributed by atoms with van der Waals surface area (Å²) >= 11 is 7.49. The molecule has 1 amide bonds. The number of aromatic nitrogens is 3. The van der Waals surface area contributed by atoms with E-state index in [-0.39, 0.29) is 51.1 Å². The van der Waals surface area contributed by atoms with Gasteiger partial charge in [0.1, 0.15) is 41.1 Å². The molecule has 3 aromatic heterocycles. The number of carbonyl (C=O) groups is 1. The minimum atomic E-state index is -4.07. The van der Waals surface area contributed by atoms with E-state index in [0.717, 1.165) is 22.5 Å². The Balaban J connectivity index is 1.57. The summed E-state index contributed by atoms with van der Waals surface area (Å²) < 4.78 is 51.3. The average molecular weight is 634 g/mol. The van der Waals surface area contributed by atoms with Gasteiger partial charge in [0.15, 0.2) is 5.82 Å². The molecule has 2 N–H and O–H groups in total. The number of halogens is 1. The molecule has 0 aliphatic heterocycles. The number of thiophene rings is 1. The van der Waals surface area contributed by atoms with Gasteiger partial charge in [0, 0.05) is 17.1 Å². The predicted octanol–water partition coefficient (Wildman–Crippen LogP) is 6.11. The Morgan fingerprint density at radius 2 is 1.86 bits per heavy atom. The number of amides is 1. The summed E-state index contributed by atoms with van der Waals surface area (Å²) in [6, 6.07) is 13.0. The van der Waals surface area contributed by atoms with Gasteiger partial charge in [-0.15, -0.1) is 11.3 Å². The van der Waals surface area contributed by atoms with E-state index in [1.54, 1.807) is 36.4 Å². The summed E-state index contributed by atoms with van der Waals surface area (Å²) in [5, 5.41) is 2.69. The third kappa shape index (κ3) is 7.99. The number of hydrogen-bond donors (Lipinski definition) is 2. The van der Waals surface area contributed by atoms with Gasteiger partial charge >= 0.3 is 6.09 Å². The molecule has 0 fully saturated rings. The maximum atomic E-state index is 13.3. The summed E-state index contributed by atoms with van der Waals surface area (Å²) in [5.41, 5.74) is -0.234. The van der Waals surface area contributed by atoms with E-state index in [2.05, 4.69) is 25.0 Å². The fourth-order valence-corrected chi connectivity index (χ4v) is 5.85. The Morgan fingerprint density at radius 1 is 1.05 bits per heavy atom. The van der Waals surface area contributed by atoms with Gasteiger partial charge in [0.2, 0.25) is 5.75 Å². The fourth-order valence-electron chi connectivity index (χ4n) is 3.32. The molecule has 0 saturated carbocycles. The number of hydrogen-bond acceptors (Lipinski definition) is 11. The van der Waals surface area contributed by atoms with Crippen molar-refractivity contribution in [3.63, 3.8) is 0 Å². The highest BCUT2D eigenvalue weighted by molar-refractivity contribution is 7.94. The van der Waals surface area contributed by atoms with E-state index < -0.39 is 16.1 Å². The molecule has 42 heavy (non-hydrogen) atoms. The van der Waals surface area contributed by atoms with Gasteiger partial charge in [-0.3, -0.25) is 10.0 Å². The average Bonchev–Trinajstić information content (AvgIpc) is 3.47. The van der Waals surface area contributed by atoms with Crippen LogP contribution in [0.1, 0.15) is 25.6 Å². The van der Waals surface area contributed by atoms with Crippen molar-refractivity contribution < 1.29 is 32.2 Å². The lowest BCUT2D eigenvalue weighted by Crippen LogP contribution is -2.19. The topological polar surface area (TPSA) is 151 Å². The predicted molar refractivity (Wildman–Crippen MR) is 159 cm³/mol. The number of anilines is 2. The minimum Gasteiger partial charge on any atom is -0.497 e. The van der Waals surface area contributed by atoms with Crippen LogP contribution in [0.5, 0.6) is 23.1 Å². The molecule has 0 spiro atoms. The Hall–Kier alpha value is -4.14. The van der Waals surface area contributed by atoms with Crippen molar-refractivity contribution in [1.82, 2.24) is 15.0 Å². The molecule has 0 aliphatic rings. The Labute approximate surface area is 252 Å². The van der Waals surface area contributed by atoms with E-state index in [9.17, 15) is 13.2 Å². The molecule has 0 aliphatic carbocycles. The number of rotatable bonds is 11. The first kappa shape index (κ1) is 30.8. The summed E-state index contributed by atoms with van der Waals surface area (Å²) in [6.45, 7) is 5.65. The zero-order valence-corrected chi connectivity index (χ0v) is 25.5. The SMILES string of the molecule is COc1ccc(Cl)c(Oc2c(NS(=O)(=O)c3ccc(C(C)(C)C)s3)ncnc2OCCOC(=O)Nc2ccccn2)c1. The Kier molecular flexibility index (Phi) is 9.70. The molecule has 222 valence electrons. The minimum absolute atomic E-state index is 0.0891. The molecule has 1 aromatic carbocycles. The van der Waals surface area contributed by atoms with Gasteiger partial charge in [0.25, 0.3) is 15.9 Å². The molecular weight excluding hydrogens is 606 g/mol. The van der Waals surface area contributed by atoms with E-state index in [1.807, 2.05) is 20.8 Å². The summed E-state index contributed by atoms with van der Waals surface area (Å²) in [6.07, 6.45) is 1.90. The summed E-state index contributed by atoms with van der Waals surface area (Å²) in [5.74, 6) is 0.407. The highest BCUT2D eigenvalue weighted by Crippen LogP contribution is 2.41. The maximum absolute atomic E-state index is 13.3. The highest BCUT2D eigenvalue weighted by Gasteiger charge is 2.26. The van der Waals surface area contributed by atoms with Gasteiger partial charge in [-0.05, 0) is 41.8 Å². The van der Waals surface area contributed by atoms with Gasteiger partial charge < -0.3 is 18.9 Å². The van der Waals surface area contributed by atoms with E-state index >= 15 is 0 Å². The third-order valence-corrected chi connectivity index (χ3v) is 9.04. The second kappa shape index (κ2) is 13.2. The standard InChI is InChI=1S/C27H28ClN5O7S2/c1-27(2,3)20-10-11-22(41-20)42(35,36)33-24-23(40-19-15-17(37-4)8-9-18(19)28)25(31-16-30-24)38-13-14-39-26(34)32-21-7-5-6-12-29-21/h5-12,15-16H,13-14H2,1-4H3,(H,29,32,34)(H,30,31,33). The monoisotopic (exact) mass is 633 g/mol. The lowest BCUT2D eigenvalue weighted by atomic mass is 9.95. The molecule has 0 unspecified atom stereocenters. The van der Waals surface area contributed by atoms with Crippen molar-refractivity contribution in [2.45, 2.75) is 30.4 Å². The van der Waals surface area contributed by atoms with Gasteiger partial charge in [-0.1, -0.05) is 38.4 Å². The third-order valence-electron chi connectivity index (χ3n) is 5.39. The Morgan fingerprint density at radius 3 is 2.55 bits per heavy atom. The highest BCUT2D eigenvalue weighted by atomic mass is 35.5. The van der Waals surface area contributed by atoms with Crippen LogP contribution in [0.25, 0.3) is 0 Å². The number of sulfonamides is 1. The number of nitrogens with zero attached hydrogens (tertiary/aromatic N) is 3. The summed E-state index contributed by atoms with van der Waals surface area (Å²) in [7, 11) is -2.60. The van der Waals surface area contributed by atoms with Crippen LogP contribution in [0.2, 0.25) is 5.02 Å². The van der Waals surface area contributed by atoms with Gasteiger partial charge in [-0.2, -0.15) is 4.98 Å². The zero-order valence-electron chi connectivity index (χ0n) is 23.1. The smallest absolute Gasteiger partial charge is 0.412 e. The van der Waals surface area contributed by atoms with E-state index in [4.69, 9.17) is 30.5 Å². The second-order valence-corrected chi connectivity index (χ2v) is 13.0. The first-order valence-corrected chi connectivity index (χ1v) is 15.1. The molecule has 3 heterocycles. The lowest BCUT2D eigenvalue weighted by Gasteiger charge is -2.17. The van der Waals surface area contributed by atoms with E-state index in [0.29, 0.717) is 11.6 Å². The van der Waals surface area contributed by atoms with Gasteiger partial charge in [-0.25, -0.2) is 23.2 Å². The van der Waals surface area contributed by atoms with Crippen molar-refractivity contribution in [2.24, 2.45) is 0 Å². The largest absolute Gasteiger partial charge is 0.497 e. The van der Waals surface area contributed by atoms with Gasteiger partial charge in [0.05, 0.1) is 12.1 Å². The molecule has 4 aromatic rings. The molecular formula is C27H28ClN5O7S2. The molecule has 0 radical (unpaired) electrons. The second-order valence-electron chi connectivity index (χ2n) is 9.55. The molecule has 0 bridgehead atoms. The quantitative estimate of drug-likeness (QED) is 0.185. The number of ether oxygens (including phenoxy) is 4.